The topological polar surface area (TPSA) is 3.24 Å². The number of para-hydroxylation sites is 1. The van der Waals surface area contributed by atoms with Gasteiger partial charge in [0.05, 0.1) is 0 Å². The molecule has 0 radical (unpaired) electrons. The Labute approximate surface area is 92.0 Å². The zero-order valence-electron chi connectivity index (χ0n) is 9.40. The van der Waals surface area contributed by atoms with Crippen LogP contribution < -0.4 is 4.90 Å². The predicted octanol–water partition coefficient (Wildman–Crippen LogP) is 4.12. The van der Waals surface area contributed by atoms with Gasteiger partial charge in [-0.1, -0.05) is 37.4 Å². The third-order valence-electron chi connectivity index (χ3n) is 2.31. The van der Waals surface area contributed by atoms with E-state index in [1.165, 1.54) is 0 Å². The van der Waals surface area contributed by atoms with Crippen molar-refractivity contribution in [3.63, 3.8) is 0 Å². The summed E-state index contributed by atoms with van der Waals surface area (Å²) < 4.78 is 0. The Bertz CT molecular complexity index is 372. The van der Waals surface area contributed by atoms with Crippen LogP contribution in [-0.4, -0.2) is 0 Å². The summed E-state index contributed by atoms with van der Waals surface area (Å²) in [5.74, 6) is 0. The Balaban J connectivity index is 3.13. The van der Waals surface area contributed by atoms with Crippen molar-refractivity contribution in [3.05, 3.63) is 67.0 Å². The van der Waals surface area contributed by atoms with Gasteiger partial charge in [-0.05, 0) is 32.1 Å². The lowest BCUT2D eigenvalue weighted by Crippen LogP contribution is -2.17. The molecule has 1 nitrogen and oxygen atoms in total. The van der Waals surface area contributed by atoms with E-state index in [-0.39, 0.29) is 0 Å². The van der Waals surface area contributed by atoms with Gasteiger partial charge in [-0.25, -0.2) is 0 Å². The highest BCUT2D eigenvalue weighted by Crippen LogP contribution is 2.23. The largest absolute Gasteiger partial charge is 0.315 e. The predicted molar refractivity (Wildman–Crippen MR) is 67.7 cm³/mol. The fourth-order valence-corrected chi connectivity index (χ4v) is 1.39. The molecule has 0 heterocycles. The molecule has 0 aliphatic heterocycles. The zero-order chi connectivity index (χ0) is 11.3. The fraction of sp³-hybridized carbons (Fsp3) is 0.143. The maximum absolute atomic E-state index is 3.99. The van der Waals surface area contributed by atoms with E-state index in [2.05, 4.69) is 43.2 Å². The van der Waals surface area contributed by atoms with E-state index in [0.717, 1.165) is 17.1 Å². The minimum Gasteiger partial charge on any atom is -0.315 e. The van der Waals surface area contributed by atoms with Gasteiger partial charge in [-0.15, -0.1) is 0 Å². The summed E-state index contributed by atoms with van der Waals surface area (Å²) in [6.45, 7) is 11.8. The van der Waals surface area contributed by atoms with Crippen LogP contribution >= 0.6 is 0 Å². The first kappa shape index (κ1) is 11.3. The molecule has 0 fully saturated rings. The number of allylic oxidation sites excluding steroid dienone is 3. The summed E-state index contributed by atoms with van der Waals surface area (Å²) in [5.41, 5.74) is 3.14. The first-order chi connectivity index (χ1) is 7.20. The third kappa shape index (κ3) is 2.59. The molecular weight excluding hydrogens is 182 g/mol. The molecule has 0 saturated carbocycles. The van der Waals surface area contributed by atoms with Gasteiger partial charge < -0.3 is 4.90 Å². The first-order valence-electron chi connectivity index (χ1n) is 5.00. The standard InChI is InChI=1S/C14H17N/c1-5-12(3)15(13(4)6-2)14-10-8-7-9-11-14/h5-11H,1,3H2,2,4H3/b13-6+. The average molecular weight is 199 g/mol. The Morgan fingerprint density at radius 3 is 2.33 bits per heavy atom. The van der Waals surface area contributed by atoms with Crippen LogP contribution in [0.1, 0.15) is 13.8 Å². The van der Waals surface area contributed by atoms with Crippen molar-refractivity contribution in [2.75, 3.05) is 4.90 Å². The van der Waals surface area contributed by atoms with Crippen LogP contribution in [0.15, 0.2) is 67.0 Å². The molecule has 0 saturated heterocycles. The molecule has 0 aliphatic rings. The molecule has 0 bridgehead atoms. The van der Waals surface area contributed by atoms with Crippen LogP contribution in [0.3, 0.4) is 0 Å². The summed E-state index contributed by atoms with van der Waals surface area (Å²) >= 11 is 0. The minimum absolute atomic E-state index is 0.886. The lowest BCUT2D eigenvalue weighted by molar-refractivity contribution is 1.10. The van der Waals surface area contributed by atoms with Crippen LogP contribution in [0, 0.1) is 0 Å². The second-order valence-electron chi connectivity index (χ2n) is 3.30. The van der Waals surface area contributed by atoms with Gasteiger partial charge in [-0.2, -0.15) is 0 Å². The van der Waals surface area contributed by atoms with Crippen molar-refractivity contribution < 1.29 is 0 Å². The molecule has 0 spiro atoms. The molecule has 0 atom stereocenters. The maximum atomic E-state index is 3.99. The average Bonchev–Trinajstić information content (AvgIpc) is 2.30. The van der Waals surface area contributed by atoms with Crippen molar-refractivity contribution >= 4 is 5.69 Å². The van der Waals surface area contributed by atoms with Gasteiger partial charge in [0, 0.05) is 17.1 Å². The van der Waals surface area contributed by atoms with Gasteiger partial charge in [0.25, 0.3) is 0 Å². The Kier molecular flexibility index (Phi) is 3.92. The minimum atomic E-state index is 0.886. The number of hydrogen-bond acceptors (Lipinski definition) is 1. The van der Waals surface area contributed by atoms with Crippen molar-refractivity contribution in [2.45, 2.75) is 13.8 Å². The van der Waals surface area contributed by atoms with E-state index in [4.69, 9.17) is 0 Å². The highest BCUT2D eigenvalue weighted by Gasteiger charge is 2.08. The van der Waals surface area contributed by atoms with Crippen LogP contribution in [-0.2, 0) is 0 Å². The van der Waals surface area contributed by atoms with E-state index in [1.54, 1.807) is 6.08 Å². The Morgan fingerprint density at radius 1 is 1.27 bits per heavy atom. The number of rotatable bonds is 4. The number of anilines is 1. The Hall–Kier alpha value is -1.76. The molecule has 1 rings (SSSR count). The third-order valence-corrected chi connectivity index (χ3v) is 2.31. The smallest absolute Gasteiger partial charge is 0.0457 e. The molecule has 1 aromatic carbocycles. The van der Waals surface area contributed by atoms with Gasteiger partial charge >= 0.3 is 0 Å². The number of hydrogen-bond donors (Lipinski definition) is 0. The summed E-state index contributed by atoms with van der Waals surface area (Å²) in [7, 11) is 0. The number of nitrogens with zero attached hydrogens (tertiary/aromatic N) is 1. The van der Waals surface area contributed by atoms with Crippen molar-refractivity contribution in [2.24, 2.45) is 0 Å². The molecule has 1 heteroatoms. The van der Waals surface area contributed by atoms with Gasteiger partial charge in [0.15, 0.2) is 0 Å². The SMILES string of the molecule is C=CC(=C)N(/C(C)=C/C)c1ccccc1. The van der Waals surface area contributed by atoms with Crippen LogP contribution in [0.25, 0.3) is 0 Å². The molecular formula is C14H17N. The van der Waals surface area contributed by atoms with Gasteiger partial charge in [0.2, 0.25) is 0 Å². The normalized spacial score (nSPS) is 10.9. The van der Waals surface area contributed by atoms with E-state index in [9.17, 15) is 0 Å². The van der Waals surface area contributed by atoms with Crippen molar-refractivity contribution in [1.29, 1.82) is 0 Å². The molecule has 78 valence electrons. The summed E-state index contributed by atoms with van der Waals surface area (Å²) in [4.78, 5) is 2.08. The van der Waals surface area contributed by atoms with E-state index < -0.39 is 0 Å². The second-order valence-corrected chi connectivity index (χ2v) is 3.30. The molecule has 0 aromatic heterocycles. The first-order valence-corrected chi connectivity index (χ1v) is 5.00. The summed E-state index contributed by atoms with van der Waals surface area (Å²) in [6.07, 6.45) is 3.82. The van der Waals surface area contributed by atoms with Crippen LogP contribution in [0.2, 0.25) is 0 Å². The molecule has 0 amide bonds. The van der Waals surface area contributed by atoms with Crippen molar-refractivity contribution in [1.82, 2.24) is 0 Å². The lowest BCUT2D eigenvalue weighted by Gasteiger charge is -2.25. The number of benzene rings is 1. The van der Waals surface area contributed by atoms with Gasteiger partial charge in [-0.3, -0.25) is 0 Å². The van der Waals surface area contributed by atoms with E-state index >= 15 is 0 Å². The highest BCUT2D eigenvalue weighted by atomic mass is 15.1. The molecule has 15 heavy (non-hydrogen) atoms. The maximum Gasteiger partial charge on any atom is 0.0457 e. The fourth-order valence-electron chi connectivity index (χ4n) is 1.39. The van der Waals surface area contributed by atoms with E-state index in [1.807, 2.05) is 25.1 Å². The lowest BCUT2D eigenvalue weighted by atomic mass is 10.2. The molecule has 0 unspecified atom stereocenters. The van der Waals surface area contributed by atoms with Crippen LogP contribution in [0.4, 0.5) is 5.69 Å². The molecule has 0 aliphatic carbocycles. The summed E-state index contributed by atoms with van der Waals surface area (Å²) in [6, 6.07) is 10.1. The quantitative estimate of drug-likeness (QED) is 0.659. The highest BCUT2D eigenvalue weighted by molar-refractivity contribution is 5.58. The zero-order valence-corrected chi connectivity index (χ0v) is 9.40. The second kappa shape index (κ2) is 5.20. The monoisotopic (exact) mass is 199 g/mol. The van der Waals surface area contributed by atoms with Crippen LogP contribution in [0.5, 0.6) is 0 Å². The van der Waals surface area contributed by atoms with Gasteiger partial charge in [0.1, 0.15) is 0 Å². The van der Waals surface area contributed by atoms with E-state index in [0.29, 0.717) is 0 Å². The molecule has 0 N–H and O–H groups in total. The Morgan fingerprint density at radius 2 is 1.87 bits per heavy atom. The van der Waals surface area contributed by atoms with Crippen molar-refractivity contribution in [3.8, 4) is 0 Å². The molecule has 1 aromatic rings. The summed E-state index contributed by atoms with van der Waals surface area (Å²) in [5, 5.41) is 0.